The number of nitrogens with zero attached hydrogens (tertiary/aromatic N) is 1. The lowest BCUT2D eigenvalue weighted by Crippen LogP contribution is -2.55. The standard InChI is InChI=1S/C9H18N2O2/c1-13-9-5-11(6-9)4-7-2-8(12)3-10-7/h7-10,12H,2-6H2,1H3. The summed E-state index contributed by atoms with van der Waals surface area (Å²) in [5.41, 5.74) is 0. The van der Waals surface area contributed by atoms with Gasteiger partial charge < -0.3 is 15.2 Å². The molecule has 0 radical (unpaired) electrons. The molecule has 0 aromatic heterocycles. The number of hydrogen-bond donors (Lipinski definition) is 2. The zero-order chi connectivity index (χ0) is 9.26. The molecule has 2 heterocycles. The fourth-order valence-corrected chi connectivity index (χ4v) is 2.07. The molecule has 2 N–H and O–H groups in total. The zero-order valence-corrected chi connectivity index (χ0v) is 8.07. The van der Waals surface area contributed by atoms with E-state index < -0.39 is 0 Å². The minimum atomic E-state index is -0.135. The minimum absolute atomic E-state index is 0.135. The Hall–Kier alpha value is -0.160. The van der Waals surface area contributed by atoms with Crippen LogP contribution < -0.4 is 5.32 Å². The molecule has 4 heteroatoms. The summed E-state index contributed by atoms with van der Waals surface area (Å²) in [7, 11) is 1.76. The summed E-state index contributed by atoms with van der Waals surface area (Å²) in [4.78, 5) is 2.36. The highest BCUT2D eigenvalue weighted by Crippen LogP contribution is 2.14. The van der Waals surface area contributed by atoms with Crippen molar-refractivity contribution in [3.8, 4) is 0 Å². The molecule has 0 aromatic rings. The van der Waals surface area contributed by atoms with Gasteiger partial charge in [0.25, 0.3) is 0 Å². The van der Waals surface area contributed by atoms with E-state index in [0.29, 0.717) is 12.1 Å². The van der Waals surface area contributed by atoms with Crippen molar-refractivity contribution in [2.75, 3.05) is 33.3 Å². The van der Waals surface area contributed by atoms with E-state index >= 15 is 0 Å². The van der Waals surface area contributed by atoms with Crippen molar-refractivity contribution in [3.63, 3.8) is 0 Å². The SMILES string of the molecule is COC1CN(CC2CC(O)CN2)C1. The summed E-state index contributed by atoms with van der Waals surface area (Å²) in [5, 5.41) is 12.6. The Morgan fingerprint density at radius 3 is 2.85 bits per heavy atom. The molecule has 2 rings (SSSR count). The monoisotopic (exact) mass is 186 g/mol. The molecule has 2 aliphatic heterocycles. The summed E-state index contributed by atoms with van der Waals surface area (Å²) in [6.45, 7) is 3.90. The van der Waals surface area contributed by atoms with Gasteiger partial charge in [0.05, 0.1) is 12.2 Å². The second-order valence-electron chi connectivity index (χ2n) is 4.07. The number of rotatable bonds is 3. The van der Waals surface area contributed by atoms with Gasteiger partial charge in [-0.15, -0.1) is 0 Å². The first-order valence-corrected chi connectivity index (χ1v) is 4.94. The highest BCUT2D eigenvalue weighted by Gasteiger charge is 2.30. The van der Waals surface area contributed by atoms with Crippen molar-refractivity contribution in [2.45, 2.75) is 24.7 Å². The highest BCUT2D eigenvalue weighted by molar-refractivity contribution is 4.88. The number of methoxy groups -OCH3 is 1. The molecule has 0 bridgehead atoms. The smallest absolute Gasteiger partial charge is 0.0824 e. The topological polar surface area (TPSA) is 44.7 Å². The summed E-state index contributed by atoms with van der Waals surface area (Å²) in [6.07, 6.45) is 1.20. The van der Waals surface area contributed by atoms with Gasteiger partial charge in [-0.1, -0.05) is 0 Å². The Balaban J connectivity index is 1.64. The first-order valence-electron chi connectivity index (χ1n) is 4.94. The summed E-state index contributed by atoms with van der Waals surface area (Å²) in [6, 6.07) is 0.479. The molecule has 0 aliphatic carbocycles. The summed E-state index contributed by atoms with van der Waals surface area (Å²) in [5.74, 6) is 0. The average Bonchev–Trinajstić information content (AvgIpc) is 2.43. The van der Waals surface area contributed by atoms with Crippen LogP contribution >= 0.6 is 0 Å². The lowest BCUT2D eigenvalue weighted by molar-refractivity contribution is -0.0324. The molecule has 0 saturated carbocycles. The van der Waals surface area contributed by atoms with E-state index in [4.69, 9.17) is 4.74 Å². The van der Waals surface area contributed by atoms with E-state index in [1.54, 1.807) is 7.11 Å². The van der Waals surface area contributed by atoms with E-state index in [-0.39, 0.29) is 6.10 Å². The molecular formula is C9H18N2O2. The van der Waals surface area contributed by atoms with Crippen molar-refractivity contribution in [2.24, 2.45) is 0 Å². The van der Waals surface area contributed by atoms with Gasteiger partial charge in [0.1, 0.15) is 0 Å². The van der Waals surface area contributed by atoms with Gasteiger partial charge in [-0.05, 0) is 6.42 Å². The van der Waals surface area contributed by atoms with Crippen LogP contribution in [0.25, 0.3) is 0 Å². The molecule has 76 valence electrons. The van der Waals surface area contributed by atoms with E-state index in [1.165, 1.54) is 0 Å². The molecule has 0 spiro atoms. The van der Waals surface area contributed by atoms with Crippen molar-refractivity contribution in [1.82, 2.24) is 10.2 Å². The molecule has 0 aromatic carbocycles. The predicted octanol–water partition coefficient (Wildman–Crippen LogP) is -0.960. The van der Waals surface area contributed by atoms with E-state index in [9.17, 15) is 5.11 Å². The van der Waals surface area contributed by atoms with E-state index in [0.717, 1.165) is 32.6 Å². The van der Waals surface area contributed by atoms with Crippen LogP contribution in [0.15, 0.2) is 0 Å². The molecule has 2 saturated heterocycles. The first kappa shape index (κ1) is 9.40. The third kappa shape index (κ3) is 2.20. The second kappa shape index (κ2) is 3.92. The lowest BCUT2D eigenvalue weighted by atomic mass is 10.1. The summed E-state index contributed by atoms with van der Waals surface area (Å²) < 4.78 is 5.19. The Labute approximate surface area is 78.9 Å². The number of ether oxygens (including phenoxy) is 1. The Morgan fingerprint density at radius 2 is 2.31 bits per heavy atom. The van der Waals surface area contributed by atoms with Crippen molar-refractivity contribution in [3.05, 3.63) is 0 Å². The Kier molecular flexibility index (Phi) is 2.83. The number of hydrogen-bond acceptors (Lipinski definition) is 4. The third-order valence-electron chi connectivity index (χ3n) is 2.93. The van der Waals surface area contributed by atoms with Crippen LogP contribution in [0.1, 0.15) is 6.42 Å². The van der Waals surface area contributed by atoms with Gasteiger partial charge >= 0.3 is 0 Å². The quantitative estimate of drug-likeness (QED) is 0.596. The van der Waals surface area contributed by atoms with E-state index in [1.807, 2.05) is 0 Å². The predicted molar refractivity (Wildman–Crippen MR) is 49.7 cm³/mol. The van der Waals surface area contributed by atoms with Crippen LogP contribution in [0.5, 0.6) is 0 Å². The zero-order valence-electron chi connectivity index (χ0n) is 8.07. The summed E-state index contributed by atoms with van der Waals surface area (Å²) >= 11 is 0. The lowest BCUT2D eigenvalue weighted by Gasteiger charge is -2.39. The van der Waals surface area contributed by atoms with Crippen LogP contribution in [0.3, 0.4) is 0 Å². The maximum Gasteiger partial charge on any atom is 0.0824 e. The fraction of sp³-hybridized carbons (Fsp3) is 1.00. The van der Waals surface area contributed by atoms with Crippen LogP contribution in [-0.2, 0) is 4.74 Å². The van der Waals surface area contributed by atoms with E-state index in [2.05, 4.69) is 10.2 Å². The molecule has 2 aliphatic rings. The largest absolute Gasteiger partial charge is 0.392 e. The van der Waals surface area contributed by atoms with Gasteiger partial charge in [0.2, 0.25) is 0 Å². The highest BCUT2D eigenvalue weighted by atomic mass is 16.5. The van der Waals surface area contributed by atoms with Crippen molar-refractivity contribution < 1.29 is 9.84 Å². The maximum absolute atomic E-state index is 9.30. The molecule has 2 atom stereocenters. The van der Waals surface area contributed by atoms with Crippen LogP contribution in [-0.4, -0.2) is 61.5 Å². The van der Waals surface area contributed by atoms with Gasteiger partial charge in [-0.3, -0.25) is 4.90 Å². The number of β-amino-alcohol motifs (C(OH)–C–C–N with tert-alkyl or cyclic N) is 1. The number of aliphatic hydroxyl groups excluding tert-OH is 1. The van der Waals surface area contributed by atoms with Crippen LogP contribution in [0, 0.1) is 0 Å². The first-order chi connectivity index (χ1) is 6.28. The minimum Gasteiger partial charge on any atom is -0.392 e. The van der Waals surface area contributed by atoms with Gasteiger partial charge in [0.15, 0.2) is 0 Å². The van der Waals surface area contributed by atoms with Gasteiger partial charge in [0, 0.05) is 39.3 Å². The van der Waals surface area contributed by atoms with Crippen LogP contribution in [0.4, 0.5) is 0 Å². The number of aliphatic hydroxyl groups is 1. The molecular weight excluding hydrogens is 168 g/mol. The van der Waals surface area contributed by atoms with Crippen LogP contribution in [0.2, 0.25) is 0 Å². The number of nitrogens with one attached hydrogen (secondary N) is 1. The normalized spacial score (nSPS) is 36.5. The maximum atomic E-state index is 9.30. The fourth-order valence-electron chi connectivity index (χ4n) is 2.07. The molecule has 13 heavy (non-hydrogen) atoms. The second-order valence-corrected chi connectivity index (χ2v) is 4.07. The molecule has 2 unspecified atom stereocenters. The van der Waals surface area contributed by atoms with Gasteiger partial charge in [-0.25, -0.2) is 0 Å². The molecule has 0 amide bonds. The third-order valence-corrected chi connectivity index (χ3v) is 2.93. The Bertz CT molecular complexity index is 171. The molecule has 4 nitrogen and oxygen atoms in total. The molecule has 2 fully saturated rings. The van der Waals surface area contributed by atoms with Crippen molar-refractivity contribution in [1.29, 1.82) is 0 Å². The Morgan fingerprint density at radius 1 is 1.54 bits per heavy atom. The number of likely N-dealkylation sites (tertiary alicyclic amines) is 1. The van der Waals surface area contributed by atoms with Gasteiger partial charge in [-0.2, -0.15) is 0 Å². The van der Waals surface area contributed by atoms with Crippen molar-refractivity contribution >= 4 is 0 Å². The average molecular weight is 186 g/mol.